The van der Waals surface area contributed by atoms with Gasteiger partial charge in [0.25, 0.3) is 0 Å². The van der Waals surface area contributed by atoms with Crippen LogP contribution >= 0.6 is 11.6 Å². The molecule has 29 heavy (non-hydrogen) atoms. The van der Waals surface area contributed by atoms with Gasteiger partial charge in [-0.2, -0.15) is 0 Å². The Morgan fingerprint density at radius 3 is 2.41 bits per heavy atom. The van der Waals surface area contributed by atoms with Gasteiger partial charge in [0.1, 0.15) is 22.9 Å². The van der Waals surface area contributed by atoms with Gasteiger partial charge in [0.05, 0.1) is 0 Å². The molecule has 0 unspecified atom stereocenters. The zero-order valence-electron chi connectivity index (χ0n) is 15.4. The quantitative estimate of drug-likeness (QED) is 0.316. The molecule has 0 saturated heterocycles. The van der Waals surface area contributed by atoms with Crippen LogP contribution in [-0.4, -0.2) is 10.2 Å². The number of hydrogen-bond acceptors (Lipinski definition) is 5. The van der Waals surface area contributed by atoms with Crippen molar-refractivity contribution in [3.63, 3.8) is 0 Å². The smallest absolute Gasteiger partial charge is 0.148 e. The number of hydrogen-bond donors (Lipinski definition) is 3. The number of benzene rings is 4. The van der Waals surface area contributed by atoms with E-state index in [1.54, 1.807) is 6.07 Å². The second-order valence-electron chi connectivity index (χ2n) is 6.51. The highest BCUT2D eigenvalue weighted by atomic mass is 35.5. The molecule has 3 N–H and O–H groups in total. The number of nitrogens with one attached hydrogen (secondary N) is 1. The summed E-state index contributed by atoms with van der Waals surface area (Å²) in [4.78, 5) is 0. The number of halogens is 1. The van der Waals surface area contributed by atoms with E-state index in [1.165, 1.54) is 12.1 Å². The molecule has 5 nitrogen and oxygen atoms in total. The number of aromatic hydroxyl groups is 2. The van der Waals surface area contributed by atoms with Crippen molar-refractivity contribution in [1.82, 2.24) is 0 Å². The molecule has 0 radical (unpaired) electrons. The van der Waals surface area contributed by atoms with Crippen LogP contribution in [-0.2, 0) is 6.54 Å². The molecular weight excluding hydrogens is 386 g/mol. The first-order valence-corrected chi connectivity index (χ1v) is 9.42. The Morgan fingerprint density at radius 1 is 0.828 bits per heavy atom. The molecular formula is C23H18ClN3O2. The Kier molecular flexibility index (Phi) is 5.31. The lowest BCUT2D eigenvalue weighted by Gasteiger charge is -2.12. The Bertz CT molecular complexity index is 1190. The van der Waals surface area contributed by atoms with E-state index in [4.69, 9.17) is 11.6 Å². The zero-order chi connectivity index (χ0) is 20.2. The fraction of sp³-hybridized carbons (Fsp3) is 0.0435. The molecule has 144 valence electrons. The molecule has 4 aromatic rings. The molecule has 6 heteroatoms. The van der Waals surface area contributed by atoms with Gasteiger partial charge in [-0.3, -0.25) is 0 Å². The molecule has 0 fully saturated rings. The lowest BCUT2D eigenvalue weighted by atomic mass is 10.0. The van der Waals surface area contributed by atoms with Crippen molar-refractivity contribution < 1.29 is 10.2 Å². The molecule has 0 atom stereocenters. The third kappa shape index (κ3) is 4.15. The van der Waals surface area contributed by atoms with Gasteiger partial charge >= 0.3 is 0 Å². The third-order valence-electron chi connectivity index (χ3n) is 4.53. The highest BCUT2D eigenvalue weighted by Gasteiger charge is 2.13. The summed E-state index contributed by atoms with van der Waals surface area (Å²) in [6.07, 6.45) is 0. The van der Waals surface area contributed by atoms with Crippen LogP contribution in [0.25, 0.3) is 10.8 Å². The fourth-order valence-electron chi connectivity index (χ4n) is 3.04. The van der Waals surface area contributed by atoms with Crippen molar-refractivity contribution in [2.45, 2.75) is 6.54 Å². The fourth-order valence-corrected chi connectivity index (χ4v) is 3.21. The van der Waals surface area contributed by atoms with Gasteiger partial charge < -0.3 is 15.5 Å². The normalized spacial score (nSPS) is 11.2. The summed E-state index contributed by atoms with van der Waals surface area (Å²) < 4.78 is 0. The lowest BCUT2D eigenvalue weighted by Crippen LogP contribution is -1.99. The Morgan fingerprint density at radius 2 is 1.59 bits per heavy atom. The van der Waals surface area contributed by atoms with Crippen LogP contribution in [0.1, 0.15) is 5.56 Å². The van der Waals surface area contributed by atoms with Crippen LogP contribution in [0.15, 0.2) is 89.1 Å². The van der Waals surface area contributed by atoms with Gasteiger partial charge in [0.15, 0.2) is 0 Å². The number of nitrogens with zero attached hydrogens (tertiary/aromatic N) is 2. The van der Waals surface area contributed by atoms with Gasteiger partial charge in [-0.1, -0.05) is 54.1 Å². The van der Waals surface area contributed by atoms with Crippen molar-refractivity contribution in [2.24, 2.45) is 10.2 Å². The monoisotopic (exact) mass is 403 g/mol. The van der Waals surface area contributed by atoms with Crippen LogP contribution in [0.5, 0.6) is 11.5 Å². The van der Waals surface area contributed by atoms with Crippen LogP contribution in [0.3, 0.4) is 0 Å². The first-order valence-electron chi connectivity index (χ1n) is 9.04. The second kappa shape index (κ2) is 8.20. The van der Waals surface area contributed by atoms with E-state index in [0.717, 1.165) is 16.5 Å². The van der Waals surface area contributed by atoms with E-state index < -0.39 is 0 Å². The summed E-state index contributed by atoms with van der Waals surface area (Å²) in [6.45, 7) is 0.422. The van der Waals surface area contributed by atoms with E-state index in [9.17, 15) is 10.2 Å². The molecule has 0 aromatic heterocycles. The maximum Gasteiger partial charge on any atom is 0.148 e. The zero-order valence-corrected chi connectivity index (χ0v) is 16.1. The van der Waals surface area contributed by atoms with Crippen LogP contribution < -0.4 is 5.32 Å². The first-order chi connectivity index (χ1) is 14.1. The number of anilines is 1. The van der Waals surface area contributed by atoms with Gasteiger partial charge in [-0.15, -0.1) is 10.2 Å². The largest absolute Gasteiger partial charge is 0.506 e. The number of fused-ring (bicyclic) bond motifs is 1. The van der Waals surface area contributed by atoms with E-state index in [0.29, 0.717) is 22.8 Å². The number of para-hydroxylation sites is 1. The van der Waals surface area contributed by atoms with Crippen molar-refractivity contribution in [3.8, 4) is 11.5 Å². The minimum atomic E-state index is -0.0381. The second-order valence-corrected chi connectivity index (χ2v) is 6.94. The molecule has 0 aliphatic rings. The predicted octanol–water partition coefficient (Wildman–Crippen LogP) is 6.93. The highest BCUT2D eigenvalue weighted by Crippen LogP contribution is 2.40. The van der Waals surface area contributed by atoms with E-state index in [1.807, 2.05) is 60.7 Å². The summed E-state index contributed by atoms with van der Waals surface area (Å²) in [5, 5.41) is 34.7. The minimum Gasteiger partial charge on any atom is -0.506 e. The van der Waals surface area contributed by atoms with Crippen molar-refractivity contribution in [1.29, 1.82) is 0 Å². The van der Waals surface area contributed by atoms with Crippen molar-refractivity contribution in [3.05, 3.63) is 89.4 Å². The van der Waals surface area contributed by atoms with Crippen LogP contribution in [0.2, 0.25) is 5.02 Å². The van der Waals surface area contributed by atoms with E-state index in [2.05, 4.69) is 15.5 Å². The molecule has 0 amide bonds. The molecule has 0 spiro atoms. The number of rotatable bonds is 5. The molecule has 4 aromatic carbocycles. The SMILES string of the molecule is Oc1ccc(Cl)cc1/N=N\c1c(O)c(CNc2ccccc2)cc2ccccc12. The van der Waals surface area contributed by atoms with Gasteiger partial charge in [0, 0.05) is 28.2 Å². The highest BCUT2D eigenvalue weighted by molar-refractivity contribution is 6.30. The standard InChI is InChI=1S/C23H18ClN3O2/c24-17-10-11-21(28)20(13-17)26-27-22-19-9-5-4-6-15(19)12-16(23(22)29)14-25-18-7-2-1-3-8-18/h1-13,25,28-29H,14H2/b27-26-. The topological polar surface area (TPSA) is 77.2 Å². The molecule has 0 aliphatic heterocycles. The lowest BCUT2D eigenvalue weighted by molar-refractivity contribution is 0.470. The van der Waals surface area contributed by atoms with Crippen molar-refractivity contribution in [2.75, 3.05) is 5.32 Å². The van der Waals surface area contributed by atoms with Gasteiger partial charge in [-0.25, -0.2) is 0 Å². The Labute approximate surface area is 172 Å². The van der Waals surface area contributed by atoms with Crippen LogP contribution in [0, 0.1) is 0 Å². The van der Waals surface area contributed by atoms with Gasteiger partial charge in [0.2, 0.25) is 0 Å². The Hall–Kier alpha value is -3.57. The average Bonchev–Trinajstić information content (AvgIpc) is 2.74. The molecule has 0 aliphatic carbocycles. The average molecular weight is 404 g/mol. The summed E-state index contributed by atoms with van der Waals surface area (Å²) in [7, 11) is 0. The predicted molar refractivity (Wildman–Crippen MR) is 117 cm³/mol. The molecule has 0 heterocycles. The first kappa shape index (κ1) is 18.8. The summed E-state index contributed by atoms with van der Waals surface area (Å²) in [5.41, 5.74) is 2.21. The molecule has 0 bridgehead atoms. The summed E-state index contributed by atoms with van der Waals surface area (Å²) >= 11 is 5.98. The maximum absolute atomic E-state index is 10.9. The third-order valence-corrected chi connectivity index (χ3v) is 4.76. The number of phenols is 2. The maximum atomic E-state index is 10.9. The Balaban J connectivity index is 1.74. The van der Waals surface area contributed by atoms with Crippen LogP contribution in [0.4, 0.5) is 17.1 Å². The number of phenolic OH excluding ortho intramolecular Hbond substituents is 2. The summed E-state index contributed by atoms with van der Waals surface area (Å²) in [5.74, 6) is 0.00115. The van der Waals surface area contributed by atoms with E-state index in [-0.39, 0.29) is 17.2 Å². The molecule has 4 rings (SSSR count). The minimum absolute atomic E-state index is 0.0381. The van der Waals surface area contributed by atoms with E-state index >= 15 is 0 Å². The molecule has 0 saturated carbocycles. The van der Waals surface area contributed by atoms with Crippen molar-refractivity contribution >= 4 is 39.4 Å². The number of azo groups is 1. The summed E-state index contributed by atoms with van der Waals surface area (Å²) in [6, 6.07) is 23.8. The van der Waals surface area contributed by atoms with Gasteiger partial charge in [-0.05, 0) is 41.8 Å².